The Morgan fingerprint density at radius 2 is 0.971 bits per heavy atom. The fourth-order valence-electron chi connectivity index (χ4n) is 6.13. The maximum Gasteiger partial charge on any atom is 0.0216 e. The second kappa shape index (κ2) is 13.3. The second-order valence-corrected chi connectivity index (χ2v) is 14.2. The van der Waals surface area contributed by atoms with Gasteiger partial charge in [0.1, 0.15) is 0 Å². The molecule has 0 bridgehead atoms. The Labute approximate surface area is 233 Å². The molecule has 0 amide bonds. The third-order valence-electron chi connectivity index (χ3n) is 8.37. The summed E-state index contributed by atoms with van der Waals surface area (Å²) in [4.78, 5) is 0. The number of fused-ring (bicyclic) bond motifs is 3. The normalized spacial score (nSPS) is 15.9. The van der Waals surface area contributed by atoms with E-state index in [1.807, 2.05) is 0 Å². The van der Waals surface area contributed by atoms with Crippen molar-refractivity contribution in [3.8, 4) is 11.1 Å². The van der Waals surface area contributed by atoms with Gasteiger partial charge in [-0.3, -0.25) is 0 Å². The number of hydrogen-bond acceptors (Lipinski definition) is 0. The highest BCUT2D eigenvalue weighted by Crippen LogP contribution is 2.55. The van der Waals surface area contributed by atoms with Crippen LogP contribution in [-0.4, -0.2) is 0 Å². The Morgan fingerprint density at radius 1 is 0.571 bits per heavy atom. The zero-order chi connectivity index (χ0) is 25.6. The van der Waals surface area contributed by atoms with Crippen LogP contribution >= 0.6 is 31.9 Å². The van der Waals surface area contributed by atoms with Gasteiger partial charge in [0, 0.05) is 14.4 Å². The van der Waals surface area contributed by atoms with Crippen molar-refractivity contribution < 1.29 is 0 Å². The molecule has 2 heteroatoms. The van der Waals surface area contributed by atoms with Crippen molar-refractivity contribution in [3.05, 3.63) is 56.5 Å². The van der Waals surface area contributed by atoms with E-state index in [-0.39, 0.29) is 5.41 Å². The first-order valence-corrected chi connectivity index (χ1v) is 15.8. The van der Waals surface area contributed by atoms with Crippen molar-refractivity contribution in [1.29, 1.82) is 0 Å². The number of benzene rings is 2. The topological polar surface area (TPSA) is 0 Å². The highest BCUT2D eigenvalue weighted by Gasteiger charge is 2.43. The average Bonchev–Trinajstić information content (AvgIpc) is 3.04. The molecular formula is C33H48Br2. The molecule has 0 fully saturated rings. The van der Waals surface area contributed by atoms with E-state index in [4.69, 9.17) is 0 Å². The molecule has 0 aromatic heterocycles. The molecule has 0 heterocycles. The number of hydrogen-bond donors (Lipinski definition) is 0. The van der Waals surface area contributed by atoms with Crippen LogP contribution in [0.25, 0.3) is 11.1 Å². The van der Waals surface area contributed by atoms with Crippen LogP contribution in [0.5, 0.6) is 0 Å². The summed E-state index contributed by atoms with van der Waals surface area (Å²) in [7, 11) is 0. The molecule has 0 N–H and O–H groups in total. The van der Waals surface area contributed by atoms with Crippen molar-refractivity contribution in [3.63, 3.8) is 0 Å². The Kier molecular flexibility index (Phi) is 11.0. The molecular weight excluding hydrogens is 556 g/mol. The first-order valence-electron chi connectivity index (χ1n) is 14.2. The second-order valence-electron chi connectivity index (χ2n) is 12.4. The molecule has 0 unspecified atom stereocenters. The zero-order valence-corrected chi connectivity index (χ0v) is 26.3. The van der Waals surface area contributed by atoms with Crippen LogP contribution in [0.1, 0.15) is 117 Å². The van der Waals surface area contributed by atoms with E-state index in [1.165, 1.54) is 84.3 Å². The van der Waals surface area contributed by atoms with E-state index in [1.54, 1.807) is 11.1 Å². The predicted octanol–water partition coefficient (Wildman–Crippen LogP) is 12.0. The molecule has 1 aliphatic rings. The fourth-order valence-corrected chi connectivity index (χ4v) is 6.85. The molecule has 0 saturated heterocycles. The Balaban J connectivity index is 1.88. The van der Waals surface area contributed by atoms with Crippen molar-refractivity contribution in [2.45, 2.75) is 111 Å². The molecule has 0 saturated carbocycles. The van der Waals surface area contributed by atoms with Gasteiger partial charge in [0.25, 0.3) is 0 Å². The van der Waals surface area contributed by atoms with Crippen LogP contribution in [0.4, 0.5) is 0 Å². The average molecular weight is 605 g/mol. The number of rotatable bonds is 14. The summed E-state index contributed by atoms with van der Waals surface area (Å²) in [5.74, 6) is 3.19. The molecule has 194 valence electrons. The first kappa shape index (κ1) is 29.0. The minimum absolute atomic E-state index is 0.122. The fraction of sp³-hybridized carbons (Fsp3) is 0.636. The lowest BCUT2D eigenvalue weighted by molar-refractivity contribution is 0.327. The highest BCUT2D eigenvalue weighted by atomic mass is 79.9. The number of halogens is 2. The van der Waals surface area contributed by atoms with Gasteiger partial charge in [-0.1, -0.05) is 124 Å². The van der Waals surface area contributed by atoms with Gasteiger partial charge < -0.3 is 0 Å². The van der Waals surface area contributed by atoms with Crippen LogP contribution in [0.3, 0.4) is 0 Å². The van der Waals surface area contributed by atoms with Gasteiger partial charge in [-0.25, -0.2) is 0 Å². The summed E-state index contributed by atoms with van der Waals surface area (Å²) in [6.45, 7) is 14.4. The molecule has 0 spiro atoms. The summed E-state index contributed by atoms with van der Waals surface area (Å²) in [5.41, 5.74) is 6.15. The lowest BCUT2D eigenvalue weighted by Gasteiger charge is -2.35. The summed E-state index contributed by atoms with van der Waals surface area (Å²) in [5, 5.41) is 0. The Bertz CT molecular complexity index is 865. The molecule has 2 aromatic carbocycles. The van der Waals surface area contributed by atoms with E-state index in [0.29, 0.717) is 0 Å². The summed E-state index contributed by atoms with van der Waals surface area (Å²) in [6, 6.07) is 14.0. The predicted molar refractivity (Wildman–Crippen MR) is 162 cm³/mol. The smallest absolute Gasteiger partial charge is 0.0216 e. The van der Waals surface area contributed by atoms with Crippen LogP contribution in [-0.2, 0) is 5.41 Å². The largest absolute Gasteiger partial charge is 0.0628 e. The van der Waals surface area contributed by atoms with Gasteiger partial charge in [-0.15, -0.1) is 0 Å². The maximum absolute atomic E-state index is 3.82. The molecule has 35 heavy (non-hydrogen) atoms. The lowest BCUT2D eigenvalue weighted by Crippen LogP contribution is -2.27. The van der Waals surface area contributed by atoms with Crippen LogP contribution in [0.2, 0.25) is 0 Å². The van der Waals surface area contributed by atoms with Gasteiger partial charge in [-0.05, 0) is 95.9 Å². The zero-order valence-electron chi connectivity index (χ0n) is 23.1. The van der Waals surface area contributed by atoms with Crippen molar-refractivity contribution in [1.82, 2.24) is 0 Å². The van der Waals surface area contributed by atoms with Crippen LogP contribution in [0, 0.1) is 23.7 Å². The van der Waals surface area contributed by atoms with E-state index in [9.17, 15) is 0 Å². The molecule has 1 aliphatic carbocycles. The van der Waals surface area contributed by atoms with Crippen molar-refractivity contribution in [2.75, 3.05) is 0 Å². The quantitative estimate of drug-likeness (QED) is 0.201. The van der Waals surface area contributed by atoms with Crippen molar-refractivity contribution in [2.24, 2.45) is 23.7 Å². The monoisotopic (exact) mass is 602 g/mol. The highest BCUT2D eigenvalue weighted by molar-refractivity contribution is 9.10. The van der Waals surface area contributed by atoms with E-state index < -0.39 is 0 Å². The van der Waals surface area contributed by atoms with Gasteiger partial charge in [0.05, 0.1) is 0 Å². The summed E-state index contributed by atoms with van der Waals surface area (Å²) in [6.07, 6.45) is 13.3. The SMILES string of the molecule is CC(C)CCC[C@H](C)CCC1(CC[C@@H](C)CCCC(C)C)c2cc(Br)ccc2-c2ccc(Br)cc21. The maximum atomic E-state index is 3.82. The minimum atomic E-state index is 0.122. The molecule has 3 rings (SSSR count). The van der Waals surface area contributed by atoms with E-state index in [2.05, 4.69) is 110 Å². The molecule has 0 nitrogen and oxygen atoms in total. The standard InChI is InChI=1S/C33H48Br2/c1-23(2)9-7-11-25(5)17-19-33(20-18-26(6)12-8-10-24(3)4)31-21-27(34)13-15-29(31)30-16-14-28(35)22-32(30)33/h13-16,21-26H,7-12,17-20H2,1-6H3/t25-,26-/m0/s1. The van der Waals surface area contributed by atoms with E-state index in [0.717, 1.165) is 23.7 Å². The van der Waals surface area contributed by atoms with Crippen molar-refractivity contribution >= 4 is 31.9 Å². The van der Waals surface area contributed by atoms with Gasteiger partial charge in [-0.2, -0.15) is 0 Å². The Hall–Kier alpha value is -0.600. The van der Waals surface area contributed by atoms with E-state index >= 15 is 0 Å². The Morgan fingerprint density at radius 3 is 1.34 bits per heavy atom. The summed E-state index contributed by atoms with van der Waals surface area (Å²) < 4.78 is 2.42. The van der Waals surface area contributed by atoms with Crippen LogP contribution in [0.15, 0.2) is 45.3 Å². The lowest BCUT2D eigenvalue weighted by atomic mass is 9.69. The molecule has 0 radical (unpaired) electrons. The first-order chi connectivity index (χ1) is 16.6. The molecule has 2 aromatic rings. The van der Waals surface area contributed by atoms with Gasteiger partial charge in [0.2, 0.25) is 0 Å². The minimum Gasteiger partial charge on any atom is -0.0628 e. The van der Waals surface area contributed by atoms with Crippen LogP contribution < -0.4 is 0 Å². The third-order valence-corrected chi connectivity index (χ3v) is 9.36. The molecule has 0 aliphatic heterocycles. The third kappa shape index (κ3) is 7.70. The molecule has 2 atom stereocenters. The van der Waals surface area contributed by atoms with Gasteiger partial charge in [0.15, 0.2) is 0 Å². The van der Waals surface area contributed by atoms with Gasteiger partial charge >= 0.3 is 0 Å². The summed E-state index contributed by atoms with van der Waals surface area (Å²) >= 11 is 7.64.